The number of hydrogen-bond donors (Lipinski definition) is 1. The van der Waals surface area contributed by atoms with Crippen LogP contribution in [-0.4, -0.2) is 31.4 Å². The molecule has 2 aliphatic heterocycles. The Hall–Kier alpha value is -2.80. The van der Waals surface area contributed by atoms with E-state index in [-0.39, 0.29) is 23.3 Å². The number of fused-ring (bicyclic) bond motifs is 1. The van der Waals surface area contributed by atoms with Crippen molar-refractivity contribution >= 4 is 5.69 Å². The second-order valence-corrected chi connectivity index (χ2v) is 6.53. The molecule has 26 heavy (non-hydrogen) atoms. The van der Waals surface area contributed by atoms with Crippen LogP contribution in [0.25, 0.3) is 0 Å². The van der Waals surface area contributed by atoms with Crippen LogP contribution in [0.5, 0.6) is 17.2 Å². The lowest BCUT2D eigenvalue weighted by molar-refractivity contribution is -0.384. The Kier molecular flexibility index (Phi) is 4.62. The minimum atomic E-state index is -0.369. The predicted octanol–water partition coefficient (Wildman–Crippen LogP) is 3.10. The minimum absolute atomic E-state index is 0.121. The first kappa shape index (κ1) is 16.7. The van der Waals surface area contributed by atoms with Gasteiger partial charge >= 0.3 is 0 Å². The summed E-state index contributed by atoms with van der Waals surface area (Å²) >= 11 is 0. The Labute approximate surface area is 151 Å². The van der Waals surface area contributed by atoms with Gasteiger partial charge in [-0.25, -0.2) is 0 Å². The number of nitrogens with one attached hydrogen (secondary N) is 1. The van der Waals surface area contributed by atoms with Crippen LogP contribution in [0.3, 0.4) is 0 Å². The second kappa shape index (κ2) is 7.21. The molecule has 0 aromatic heterocycles. The first-order chi connectivity index (χ1) is 12.7. The van der Waals surface area contributed by atoms with Crippen molar-refractivity contribution in [3.8, 4) is 17.2 Å². The number of benzene rings is 2. The Bertz CT molecular complexity index is 793. The van der Waals surface area contributed by atoms with Crippen molar-refractivity contribution in [3.05, 3.63) is 58.1 Å². The predicted molar refractivity (Wildman–Crippen MR) is 94.9 cm³/mol. The topological polar surface area (TPSA) is 82.9 Å². The lowest BCUT2D eigenvalue weighted by Gasteiger charge is -2.32. The van der Waals surface area contributed by atoms with Gasteiger partial charge in [-0.2, -0.15) is 0 Å². The van der Waals surface area contributed by atoms with Gasteiger partial charge in [0.25, 0.3) is 5.69 Å². The van der Waals surface area contributed by atoms with Crippen LogP contribution in [0.4, 0.5) is 5.69 Å². The van der Waals surface area contributed by atoms with Crippen LogP contribution in [0.2, 0.25) is 0 Å². The summed E-state index contributed by atoms with van der Waals surface area (Å²) in [5.74, 6) is 2.79. The molecular formula is C19H20N2O5. The van der Waals surface area contributed by atoms with E-state index >= 15 is 0 Å². The number of ether oxygens (including phenoxy) is 3. The maximum Gasteiger partial charge on any atom is 0.269 e. The van der Waals surface area contributed by atoms with Crippen molar-refractivity contribution in [2.45, 2.75) is 12.3 Å². The molecule has 1 fully saturated rings. The maximum absolute atomic E-state index is 10.8. The molecule has 0 aliphatic carbocycles. The molecule has 0 amide bonds. The van der Waals surface area contributed by atoms with Gasteiger partial charge in [-0.3, -0.25) is 10.1 Å². The standard InChI is InChI=1S/C19H20N2O5/c22-21(23)15-3-1-13(2-4-15)17-7-8-20-10-14(17)11-24-16-5-6-18-19(9-16)26-12-25-18/h1-6,9,14,17,20H,7-8,10-12H2/t14-,17-/m1/s1. The number of nitro groups is 1. The fraction of sp³-hybridized carbons (Fsp3) is 0.368. The second-order valence-electron chi connectivity index (χ2n) is 6.53. The quantitative estimate of drug-likeness (QED) is 0.655. The van der Waals surface area contributed by atoms with Gasteiger partial charge in [-0.15, -0.1) is 0 Å². The lowest BCUT2D eigenvalue weighted by Crippen LogP contribution is -2.38. The molecule has 1 N–H and O–H groups in total. The van der Waals surface area contributed by atoms with Crippen molar-refractivity contribution in [1.82, 2.24) is 5.32 Å². The van der Waals surface area contributed by atoms with Crippen LogP contribution >= 0.6 is 0 Å². The van der Waals surface area contributed by atoms with Gasteiger partial charge in [0.2, 0.25) is 6.79 Å². The third-order valence-corrected chi connectivity index (χ3v) is 4.95. The van der Waals surface area contributed by atoms with Crippen LogP contribution in [-0.2, 0) is 0 Å². The summed E-state index contributed by atoms with van der Waals surface area (Å²) in [4.78, 5) is 10.5. The summed E-state index contributed by atoms with van der Waals surface area (Å²) in [7, 11) is 0. The number of nitro benzene ring substituents is 1. The molecule has 2 aromatic rings. The maximum atomic E-state index is 10.8. The molecule has 2 atom stereocenters. The van der Waals surface area contributed by atoms with E-state index in [1.54, 1.807) is 12.1 Å². The summed E-state index contributed by atoms with van der Waals surface area (Å²) < 4.78 is 16.7. The van der Waals surface area contributed by atoms with E-state index < -0.39 is 0 Å². The Morgan fingerprint density at radius 3 is 2.77 bits per heavy atom. The molecule has 0 bridgehead atoms. The van der Waals surface area contributed by atoms with Gasteiger partial charge in [0.05, 0.1) is 11.5 Å². The average molecular weight is 356 g/mol. The van der Waals surface area contributed by atoms with E-state index in [0.29, 0.717) is 18.3 Å². The van der Waals surface area contributed by atoms with Crippen molar-refractivity contribution in [1.29, 1.82) is 0 Å². The highest BCUT2D eigenvalue weighted by atomic mass is 16.7. The van der Waals surface area contributed by atoms with E-state index in [9.17, 15) is 10.1 Å². The monoisotopic (exact) mass is 356 g/mol. The molecular weight excluding hydrogens is 336 g/mol. The van der Waals surface area contributed by atoms with Gasteiger partial charge in [-0.1, -0.05) is 12.1 Å². The molecule has 7 nitrogen and oxygen atoms in total. The summed E-state index contributed by atoms with van der Waals surface area (Å²) in [6, 6.07) is 12.5. The lowest BCUT2D eigenvalue weighted by atomic mass is 9.81. The molecule has 136 valence electrons. The molecule has 1 saturated heterocycles. The number of hydrogen-bond acceptors (Lipinski definition) is 6. The Morgan fingerprint density at radius 2 is 1.96 bits per heavy atom. The molecule has 2 aliphatic rings. The van der Waals surface area contributed by atoms with Crippen molar-refractivity contribution < 1.29 is 19.1 Å². The average Bonchev–Trinajstić information content (AvgIpc) is 3.14. The van der Waals surface area contributed by atoms with Crippen molar-refractivity contribution in [3.63, 3.8) is 0 Å². The third-order valence-electron chi connectivity index (χ3n) is 4.95. The molecule has 2 heterocycles. The van der Waals surface area contributed by atoms with Gasteiger partial charge in [0.1, 0.15) is 5.75 Å². The molecule has 0 saturated carbocycles. The smallest absolute Gasteiger partial charge is 0.269 e. The van der Waals surface area contributed by atoms with Crippen molar-refractivity contribution in [2.75, 3.05) is 26.5 Å². The van der Waals surface area contributed by atoms with Crippen LogP contribution in [0.1, 0.15) is 17.9 Å². The number of piperidine rings is 1. The SMILES string of the molecule is O=[N+]([O-])c1ccc([C@H]2CCNC[C@@H]2COc2ccc3c(c2)OCO3)cc1. The van der Waals surface area contributed by atoms with E-state index in [1.165, 1.54) is 0 Å². The highest BCUT2D eigenvalue weighted by molar-refractivity contribution is 5.46. The zero-order chi connectivity index (χ0) is 17.9. The van der Waals surface area contributed by atoms with Crippen LogP contribution in [0, 0.1) is 16.0 Å². The summed E-state index contributed by atoms with van der Waals surface area (Å²) in [6.45, 7) is 2.59. The first-order valence-corrected chi connectivity index (χ1v) is 8.68. The molecule has 0 radical (unpaired) electrons. The van der Waals surface area contributed by atoms with Gasteiger partial charge in [0.15, 0.2) is 11.5 Å². The number of rotatable bonds is 5. The molecule has 0 unspecified atom stereocenters. The Morgan fingerprint density at radius 1 is 1.15 bits per heavy atom. The zero-order valence-electron chi connectivity index (χ0n) is 14.2. The fourth-order valence-corrected chi connectivity index (χ4v) is 3.55. The largest absolute Gasteiger partial charge is 0.493 e. The minimum Gasteiger partial charge on any atom is -0.493 e. The summed E-state index contributed by atoms with van der Waals surface area (Å²) in [5, 5.41) is 14.3. The first-order valence-electron chi connectivity index (χ1n) is 8.68. The zero-order valence-corrected chi connectivity index (χ0v) is 14.2. The molecule has 2 aromatic carbocycles. The third kappa shape index (κ3) is 3.43. The van der Waals surface area contributed by atoms with Gasteiger partial charge in [0, 0.05) is 30.7 Å². The summed E-state index contributed by atoms with van der Waals surface area (Å²) in [6.07, 6.45) is 0.979. The normalized spacial score (nSPS) is 21.4. The molecule has 7 heteroatoms. The molecule has 4 rings (SSSR count). The molecule has 0 spiro atoms. The van der Waals surface area contributed by atoms with Gasteiger partial charge in [-0.05, 0) is 36.6 Å². The Balaban J connectivity index is 1.44. The number of non-ortho nitro benzene ring substituents is 1. The van der Waals surface area contributed by atoms with E-state index in [0.717, 1.165) is 36.6 Å². The van der Waals surface area contributed by atoms with E-state index in [2.05, 4.69) is 5.32 Å². The van der Waals surface area contributed by atoms with E-state index in [4.69, 9.17) is 14.2 Å². The van der Waals surface area contributed by atoms with Crippen LogP contribution in [0.15, 0.2) is 42.5 Å². The van der Waals surface area contributed by atoms with Crippen LogP contribution < -0.4 is 19.5 Å². The highest BCUT2D eigenvalue weighted by Gasteiger charge is 2.27. The van der Waals surface area contributed by atoms with Gasteiger partial charge < -0.3 is 19.5 Å². The van der Waals surface area contributed by atoms with E-state index in [1.807, 2.05) is 30.3 Å². The summed E-state index contributed by atoms with van der Waals surface area (Å²) in [5.41, 5.74) is 1.24. The fourth-order valence-electron chi connectivity index (χ4n) is 3.55. The van der Waals surface area contributed by atoms with Crippen molar-refractivity contribution in [2.24, 2.45) is 5.92 Å². The highest BCUT2D eigenvalue weighted by Crippen LogP contribution is 2.36. The number of nitrogens with zero attached hydrogens (tertiary/aromatic N) is 1.